The molecule has 1 unspecified atom stereocenters. The number of carbonyl (C=O) groups is 1. The van der Waals surface area contributed by atoms with Crippen LogP contribution in [0.3, 0.4) is 0 Å². The van der Waals surface area contributed by atoms with Crippen molar-refractivity contribution in [3.63, 3.8) is 0 Å². The Morgan fingerprint density at radius 2 is 2.13 bits per heavy atom. The summed E-state index contributed by atoms with van der Waals surface area (Å²) in [5.41, 5.74) is -0.0673. The standard InChI is InChI=1S/C15H22N4O2.2ClH/c20-14(19-7-1-2-8-19)12-3-5-17-13(9-12)18-11-15(21)4-6-16-10-15;;/h3,5,9,16,21H,1-2,4,6-8,10-11H2,(H,17,18);2*1H. The van der Waals surface area contributed by atoms with Gasteiger partial charge in [-0.25, -0.2) is 4.98 Å². The molecule has 0 radical (unpaired) electrons. The van der Waals surface area contributed by atoms with Gasteiger partial charge in [0.1, 0.15) is 5.82 Å². The number of β-amino-alcohol motifs (C(OH)–C–C–N with tert-alkyl or cyclic N) is 1. The second-order valence-corrected chi connectivity index (χ2v) is 5.93. The summed E-state index contributed by atoms with van der Waals surface area (Å²) in [5.74, 6) is 0.708. The molecule has 0 bridgehead atoms. The molecule has 1 aromatic rings. The first-order valence-electron chi connectivity index (χ1n) is 7.59. The van der Waals surface area contributed by atoms with E-state index in [9.17, 15) is 9.90 Å². The van der Waals surface area contributed by atoms with Crippen molar-refractivity contribution in [3.05, 3.63) is 23.9 Å². The maximum atomic E-state index is 12.3. The van der Waals surface area contributed by atoms with Gasteiger partial charge in [-0.1, -0.05) is 0 Å². The normalized spacial score (nSPS) is 23.1. The number of halogens is 2. The monoisotopic (exact) mass is 362 g/mol. The van der Waals surface area contributed by atoms with Crippen LogP contribution in [-0.4, -0.2) is 59.2 Å². The number of hydrogen-bond donors (Lipinski definition) is 3. The third-order valence-electron chi connectivity index (χ3n) is 4.22. The number of carbonyl (C=O) groups excluding carboxylic acids is 1. The average molecular weight is 363 g/mol. The van der Waals surface area contributed by atoms with Crippen LogP contribution in [0, 0.1) is 0 Å². The number of rotatable bonds is 4. The Balaban J connectivity index is 0.00000132. The predicted molar refractivity (Wildman–Crippen MR) is 94.8 cm³/mol. The van der Waals surface area contributed by atoms with Crippen molar-refractivity contribution in [3.8, 4) is 0 Å². The number of anilines is 1. The number of aliphatic hydroxyl groups is 1. The highest BCUT2D eigenvalue weighted by molar-refractivity contribution is 5.95. The minimum Gasteiger partial charge on any atom is -0.387 e. The molecule has 0 saturated carbocycles. The Hall–Kier alpha value is -1.08. The minimum atomic E-state index is -0.726. The Bertz CT molecular complexity index is 518. The van der Waals surface area contributed by atoms with Crippen molar-refractivity contribution in [2.24, 2.45) is 0 Å². The van der Waals surface area contributed by atoms with Crippen molar-refractivity contribution in [2.45, 2.75) is 24.9 Å². The zero-order valence-electron chi connectivity index (χ0n) is 13.0. The van der Waals surface area contributed by atoms with E-state index in [1.165, 1.54) is 0 Å². The van der Waals surface area contributed by atoms with Crippen molar-refractivity contribution in [1.82, 2.24) is 15.2 Å². The molecule has 2 saturated heterocycles. The van der Waals surface area contributed by atoms with Crippen molar-refractivity contribution >= 4 is 36.5 Å². The van der Waals surface area contributed by atoms with E-state index in [4.69, 9.17) is 0 Å². The van der Waals surface area contributed by atoms with Crippen molar-refractivity contribution < 1.29 is 9.90 Å². The predicted octanol–water partition coefficient (Wildman–Crippen LogP) is 1.30. The number of aromatic nitrogens is 1. The molecule has 2 aliphatic heterocycles. The van der Waals surface area contributed by atoms with Crippen molar-refractivity contribution in [2.75, 3.05) is 38.0 Å². The summed E-state index contributed by atoms with van der Waals surface area (Å²) < 4.78 is 0. The molecule has 6 nitrogen and oxygen atoms in total. The summed E-state index contributed by atoms with van der Waals surface area (Å²) >= 11 is 0. The Morgan fingerprint density at radius 3 is 2.78 bits per heavy atom. The first-order chi connectivity index (χ1) is 10.2. The second-order valence-electron chi connectivity index (χ2n) is 5.93. The van der Waals surface area contributed by atoms with Crippen LogP contribution >= 0.6 is 24.8 Å². The minimum absolute atomic E-state index is 0. The van der Waals surface area contributed by atoms with Gasteiger partial charge in [0.15, 0.2) is 0 Å². The zero-order chi connectivity index (χ0) is 14.7. The smallest absolute Gasteiger partial charge is 0.254 e. The van der Waals surface area contributed by atoms with E-state index in [1.54, 1.807) is 18.3 Å². The van der Waals surface area contributed by atoms with Gasteiger partial charge in [0.05, 0.1) is 5.60 Å². The molecule has 23 heavy (non-hydrogen) atoms. The number of nitrogens with zero attached hydrogens (tertiary/aromatic N) is 2. The molecular formula is C15H24Cl2N4O2. The van der Waals surface area contributed by atoms with Gasteiger partial charge in [-0.15, -0.1) is 24.8 Å². The molecule has 8 heteroatoms. The van der Waals surface area contributed by atoms with E-state index in [0.29, 0.717) is 24.5 Å². The number of nitrogens with one attached hydrogen (secondary N) is 2. The number of likely N-dealkylation sites (tertiary alicyclic amines) is 1. The van der Waals surface area contributed by atoms with Crippen LogP contribution in [0.25, 0.3) is 0 Å². The third kappa shape index (κ3) is 4.94. The van der Waals surface area contributed by atoms with E-state index >= 15 is 0 Å². The third-order valence-corrected chi connectivity index (χ3v) is 4.22. The van der Waals surface area contributed by atoms with E-state index in [0.717, 1.165) is 38.9 Å². The number of pyridine rings is 1. The maximum absolute atomic E-state index is 12.3. The van der Waals surface area contributed by atoms with Gasteiger partial charge in [-0.3, -0.25) is 4.79 Å². The Morgan fingerprint density at radius 1 is 1.39 bits per heavy atom. The van der Waals surface area contributed by atoms with Crippen LogP contribution in [0.15, 0.2) is 18.3 Å². The lowest BCUT2D eigenvalue weighted by molar-refractivity contribution is 0.0751. The molecule has 1 aromatic heterocycles. The SMILES string of the molecule is Cl.Cl.O=C(c1ccnc(NCC2(O)CCNC2)c1)N1CCCC1. The molecule has 3 N–H and O–H groups in total. The van der Waals surface area contributed by atoms with Gasteiger partial charge < -0.3 is 20.6 Å². The summed E-state index contributed by atoms with van der Waals surface area (Å²) in [5, 5.41) is 16.6. The fourth-order valence-electron chi connectivity index (χ4n) is 2.90. The summed E-state index contributed by atoms with van der Waals surface area (Å²) in [6.07, 6.45) is 4.54. The quantitative estimate of drug-likeness (QED) is 0.752. The maximum Gasteiger partial charge on any atom is 0.254 e. The summed E-state index contributed by atoms with van der Waals surface area (Å²) in [6.45, 7) is 3.55. The first-order valence-corrected chi connectivity index (χ1v) is 7.59. The zero-order valence-corrected chi connectivity index (χ0v) is 14.6. The van der Waals surface area contributed by atoms with Gasteiger partial charge in [0, 0.05) is 37.9 Å². The average Bonchev–Trinajstić information content (AvgIpc) is 3.17. The fourth-order valence-corrected chi connectivity index (χ4v) is 2.90. The molecule has 2 fully saturated rings. The first kappa shape index (κ1) is 20.0. The number of hydrogen-bond acceptors (Lipinski definition) is 5. The summed E-state index contributed by atoms with van der Waals surface area (Å²) in [7, 11) is 0. The molecule has 0 spiro atoms. The van der Waals surface area contributed by atoms with Crippen molar-refractivity contribution in [1.29, 1.82) is 0 Å². The highest BCUT2D eigenvalue weighted by atomic mass is 35.5. The van der Waals surface area contributed by atoms with E-state index < -0.39 is 5.60 Å². The van der Waals surface area contributed by atoms with Crippen LogP contribution < -0.4 is 10.6 Å². The Labute approximate surface area is 148 Å². The molecule has 3 heterocycles. The van der Waals surface area contributed by atoms with E-state index in [1.807, 2.05) is 4.90 Å². The van der Waals surface area contributed by atoms with Gasteiger partial charge in [0.2, 0.25) is 0 Å². The second kappa shape index (κ2) is 8.68. The van der Waals surface area contributed by atoms with E-state index in [-0.39, 0.29) is 30.7 Å². The summed E-state index contributed by atoms with van der Waals surface area (Å²) in [4.78, 5) is 18.4. The highest BCUT2D eigenvalue weighted by Gasteiger charge is 2.30. The highest BCUT2D eigenvalue weighted by Crippen LogP contribution is 2.17. The van der Waals surface area contributed by atoms with Gasteiger partial charge in [-0.05, 0) is 37.9 Å². The van der Waals surface area contributed by atoms with E-state index in [2.05, 4.69) is 15.6 Å². The molecular weight excluding hydrogens is 339 g/mol. The van der Waals surface area contributed by atoms with Gasteiger partial charge in [0.25, 0.3) is 5.91 Å². The van der Waals surface area contributed by atoms with Gasteiger partial charge in [-0.2, -0.15) is 0 Å². The molecule has 1 amide bonds. The van der Waals surface area contributed by atoms with Gasteiger partial charge >= 0.3 is 0 Å². The summed E-state index contributed by atoms with van der Waals surface area (Å²) in [6, 6.07) is 3.52. The van der Waals surface area contributed by atoms with Crippen LogP contribution in [0.4, 0.5) is 5.82 Å². The molecule has 2 aliphatic rings. The topological polar surface area (TPSA) is 77.5 Å². The molecule has 3 rings (SSSR count). The molecule has 0 aromatic carbocycles. The van der Waals surface area contributed by atoms with Crippen LogP contribution in [-0.2, 0) is 0 Å². The number of amides is 1. The largest absolute Gasteiger partial charge is 0.387 e. The lowest BCUT2D eigenvalue weighted by atomic mass is 10.0. The van der Waals surface area contributed by atoms with Crippen LogP contribution in [0.2, 0.25) is 0 Å². The molecule has 0 aliphatic carbocycles. The van der Waals surface area contributed by atoms with Crippen LogP contribution in [0.1, 0.15) is 29.6 Å². The molecule has 1 atom stereocenters. The fraction of sp³-hybridized carbons (Fsp3) is 0.600. The Kier molecular flexibility index (Phi) is 7.54. The lowest BCUT2D eigenvalue weighted by Crippen LogP contribution is -2.39. The van der Waals surface area contributed by atoms with Crippen LogP contribution in [0.5, 0.6) is 0 Å². The lowest BCUT2D eigenvalue weighted by Gasteiger charge is -2.22. The molecule has 130 valence electrons.